The highest BCUT2D eigenvalue weighted by atomic mass is 16.5. The van der Waals surface area contributed by atoms with Crippen molar-refractivity contribution in [1.29, 1.82) is 0 Å². The summed E-state index contributed by atoms with van der Waals surface area (Å²) in [6.07, 6.45) is 1.63. The Balaban J connectivity index is 2.04. The van der Waals surface area contributed by atoms with Gasteiger partial charge in [-0.1, -0.05) is 6.92 Å². The van der Waals surface area contributed by atoms with Crippen molar-refractivity contribution in [1.82, 2.24) is 4.90 Å². The number of ether oxygens (including phenoxy) is 1. The zero-order chi connectivity index (χ0) is 15.5. The van der Waals surface area contributed by atoms with Crippen molar-refractivity contribution in [3.63, 3.8) is 0 Å². The van der Waals surface area contributed by atoms with E-state index in [4.69, 9.17) is 4.74 Å². The maximum atomic E-state index is 12.4. The smallest absolute Gasteiger partial charge is 0.309 e. The number of carbonyl (C=O) groups excluding carboxylic acids is 1. The molecule has 1 aliphatic heterocycles. The van der Waals surface area contributed by atoms with Crippen molar-refractivity contribution in [2.24, 2.45) is 5.41 Å². The first-order chi connectivity index (χ1) is 10.0. The van der Waals surface area contributed by atoms with E-state index in [0.717, 1.165) is 0 Å². The molecule has 1 aromatic rings. The third-order valence-electron chi connectivity index (χ3n) is 4.48. The molecular weight excluding hydrogens is 270 g/mol. The second-order valence-corrected chi connectivity index (χ2v) is 5.46. The van der Waals surface area contributed by atoms with E-state index >= 15 is 0 Å². The molecule has 0 unspecified atom stereocenters. The summed E-state index contributed by atoms with van der Waals surface area (Å²) in [5.41, 5.74) is -0.0634. The molecule has 1 aromatic carbocycles. The summed E-state index contributed by atoms with van der Waals surface area (Å²) in [4.78, 5) is 25.5. The van der Waals surface area contributed by atoms with Crippen LogP contribution in [0.2, 0.25) is 0 Å². The first-order valence-electron chi connectivity index (χ1n) is 7.19. The molecule has 5 nitrogen and oxygen atoms in total. The lowest BCUT2D eigenvalue weighted by Crippen LogP contribution is -2.46. The van der Waals surface area contributed by atoms with E-state index in [1.165, 1.54) is 0 Å². The summed E-state index contributed by atoms with van der Waals surface area (Å²) in [6.45, 7) is 2.88. The maximum absolute atomic E-state index is 12.4. The van der Waals surface area contributed by atoms with E-state index in [1.807, 2.05) is 6.92 Å². The van der Waals surface area contributed by atoms with Crippen molar-refractivity contribution in [2.45, 2.75) is 26.2 Å². The zero-order valence-corrected chi connectivity index (χ0v) is 12.5. The van der Waals surface area contributed by atoms with Crippen molar-refractivity contribution >= 4 is 11.9 Å². The average Bonchev–Trinajstić information content (AvgIpc) is 2.54. The van der Waals surface area contributed by atoms with E-state index in [2.05, 4.69) is 0 Å². The third-order valence-corrected chi connectivity index (χ3v) is 4.48. The van der Waals surface area contributed by atoms with E-state index in [1.54, 1.807) is 36.3 Å². The van der Waals surface area contributed by atoms with Gasteiger partial charge in [0.2, 0.25) is 0 Å². The predicted molar refractivity (Wildman–Crippen MR) is 78.5 cm³/mol. The standard InChI is InChI=1S/C16H21NO4/c1-3-16(15(19)20)8-10-17(11-9-16)14(18)12-4-6-13(21-2)7-5-12/h4-7H,3,8-11H2,1-2H3,(H,19,20). The number of hydrogen-bond donors (Lipinski definition) is 1. The summed E-state index contributed by atoms with van der Waals surface area (Å²) in [6, 6.07) is 6.98. The Morgan fingerprint density at radius 1 is 1.24 bits per heavy atom. The molecule has 1 fully saturated rings. The summed E-state index contributed by atoms with van der Waals surface area (Å²) < 4.78 is 5.07. The molecule has 1 saturated heterocycles. The van der Waals surface area contributed by atoms with Crippen LogP contribution in [0.5, 0.6) is 5.75 Å². The molecular formula is C16H21NO4. The van der Waals surface area contributed by atoms with Gasteiger partial charge in [0.15, 0.2) is 0 Å². The van der Waals surface area contributed by atoms with Crippen LogP contribution >= 0.6 is 0 Å². The maximum Gasteiger partial charge on any atom is 0.309 e. The van der Waals surface area contributed by atoms with Crippen molar-refractivity contribution in [2.75, 3.05) is 20.2 Å². The molecule has 0 aliphatic carbocycles. The van der Waals surface area contributed by atoms with Gasteiger partial charge in [-0.25, -0.2) is 0 Å². The number of carboxylic acids is 1. The molecule has 21 heavy (non-hydrogen) atoms. The number of piperidine rings is 1. The molecule has 1 amide bonds. The Labute approximate surface area is 124 Å². The molecule has 0 atom stereocenters. The molecule has 5 heteroatoms. The lowest BCUT2D eigenvalue weighted by atomic mass is 9.76. The number of likely N-dealkylation sites (tertiary alicyclic amines) is 1. The number of carboxylic acid groups (broad SMARTS) is 1. The van der Waals surface area contributed by atoms with Gasteiger partial charge in [0.1, 0.15) is 5.75 Å². The number of rotatable bonds is 4. The normalized spacial score (nSPS) is 17.3. The molecule has 1 heterocycles. The van der Waals surface area contributed by atoms with Crippen molar-refractivity contribution in [3.05, 3.63) is 29.8 Å². The molecule has 0 spiro atoms. The van der Waals surface area contributed by atoms with E-state index in [0.29, 0.717) is 43.7 Å². The van der Waals surface area contributed by atoms with E-state index in [9.17, 15) is 14.7 Å². The Morgan fingerprint density at radius 2 is 1.81 bits per heavy atom. The number of carbonyl (C=O) groups is 2. The highest BCUT2D eigenvalue weighted by molar-refractivity contribution is 5.94. The fraction of sp³-hybridized carbons (Fsp3) is 0.500. The second kappa shape index (κ2) is 6.16. The molecule has 2 rings (SSSR count). The minimum atomic E-state index is -0.749. The van der Waals surface area contributed by atoms with Gasteiger partial charge >= 0.3 is 5.97 Å². The Hall–Kier alpha value is -2.04. The average molecular weight is 291 g/mol. The van der Waals surface area contributed by atoms with Gasteiger partial charge in [0.25, 0.3) is 5.91 Å². The molecule has 0 bridgehead atoms. The predicted octanol–water partition coefficient (Wildman–Crippen LogP) is 2.41. The summed E-state index contributed by atoms with van der Waals surface area (Å²) in [5.74, 6) is -0.0876. The van der Waals surface area contributed by atoms with Gasteiger partial charge < -0.3 is 14.7 Å². The van der Waals surface area contributed by atoms with Gasteiger partial charge in [0.05, 0.1) is 12.5 Å². The van der Waals surface area contributed by atoms with Crippen LogP contribution in [0, 0.1) is 5.41 Å². The number of aliphatic carboxylic acids is 1. The Morgan fingerprint density at radius 3 is 2.24 bits per heavy atom. The first-order valence-corrected chi connectivity index (χ1v) is 7.19. The lowest BCUT2D eigenvalue weighted by Gasteiger charge is -2.38. The van der Waals surface area contributed by atoms with Crippen LogP contribution in [-0.2, 0) is 4.79 Å². The minimum absolute atomic E-state index is 0.0484. The summed E-state index contributed by atoms with van der Waals surface area (Å²) in [5, 5.41) is 9.37. The molecule has 0 saturated carbocycles. The fourth-order valence-electron chi connectivity index (χ4n) is 2.77. The number of hydrogen-bond acceptors (Lipinski definition) is 3. The highest BCUT2D eigenvalue weighted by Gasteiger charge is 2.40. The van der Waals surface area contributed by atoms with Gasteiger partial charge in [-0.05, 0) is 43.5 Å². The number of methoxy groups -OCH3 is 1. The summed E-state index contributed by atoms with van der Waals surface area (Å²) in [7, 11) is 1.58. The molecule has 1 aliphatic rings. The van der Waals surface area contributed by atoms with Crippen LogP contribution in [0.15, 0.2) is 24.3 Å². The van der Waals surface area contributed by atoms with Gasteiger partial charge in [-0.2, -0.15) is 0 Å². The zero-order valence-electron chi connectivity index (χ0n) is 12.5. The number of benzene rings is 1. The van der Waals surface area contributed by atoms with Crippen molar-refractivity contribution < 1.29 is 19.4 Å². The minimum Gasteiger partial charge on any atom is -0.497 e. The lowest BCUT2D eigenvalue weighted by molar-refractivity contribution is -0.152. The molecule has 114 valence electrons. The Kier molecular flexibility index (Phi) is 4.50. The molecule has 1 N–H and O–H groups in total. The topological polar surface area (TPSA) is 66.8 Å². The van der Waals surface area contributed by atoms with E-state index < -0.39 is 11.4 Å². The summed E-state index contributed by atoms with van der Waals surface area (Å²) >= 11 is 0. The van der Waals surface area contributed by atoms with Crippen LogP contribution in [0.25, 0.3) is 0 Å². The first kappa shape index (κ1) is 15.4. The quantitative estimate of drug-likeness (QED) is 0.925. The van der Waals surface area contributed by atoms with Crippen LogP contribution in [0.4, 0.5) is 0 Å². The van der Waals surface area contributed by atoms with Crippen LogP contribution < -0.4 is 4.74 Å². The SMILES string of the molecule is CCC1(C(=O)O)CCN(C(=O)c2ccc(OC)cc2)CC1. The monoisotopic (exact) mass is 291 g/mol. The second-order valence-electron chi connectivity index (χ2n) is 5.46. The Bertz CT molecular complexity index is 516. The largest absolute Gasteiger partial charge is 0.497 e. The number of nitrogens with zero attached hydrogens (tertiary/aromatic N) is 1. The molecule has 0 aromatic heterocycles. The molecule has 0 radical (unpaired) electrons. The van der Waals surface area contributed by atoms with Crippen LogP contribution in [-0.4, -0.2) is 42.1 Å². The fourth-order valence-corrected chi connectivity index (χ4v) is 2.77. The van der Waals surface area contributed by atoms with Crippen LogP contribution in [0.1, 0.15) is 36.5 Å². The van der Waals surface area contributed by atoms with E-state index in [-0.39, 0.29) is 5.91 Å². The number of amides is 1. The van der Waals surface area contributed by atoms with Crippen LogP contribution in [0.3, 0.4) is 0 Å². The van der Waals surface area contributed by atoms with Gasteiger partial charge in [-0.3, -0.25) is 9.59 Å². The highest BCUT2D eigenvalue weighted by Crippen LogP contribution is 2.35. The van der Waals surface area contributed by atoms with Crippen molar-refractivity contribution in [3.8, 4) is 5.75 Å². The van der Waals surface area contributed by atoms with Gasteiger partial charge in [0, 0.05) is 18.7 Å². The van der Waals surface area contributed by atoms with Gasteiger partial charge in [-0.15, -0.1) is 0 Å². The third kappa shape index (κ3) is 3.01.